The second-order valence-corrected chi connectivity index (χ2v) is 3.33. The lowest BCUT2D eigenvalue weighted by Gasteiger charge is -2.04. The lowest BCUT2D eigenvalue weighted by atomic mass is 10.2. The molecular weight excluding hydrogens is 184 g/mol. The molecule has 1 aliphatic heterocycles. The lowest BCUT2D eigenvalue weighted by Crippen LogP contribution is -2.12. The highest BCUT2D eigenvalue weighted by atomic mass is 16.5. The zero-order valence-corrected chi connectivity index (χ0v) is 7.73. The molecule has 0 bridgehead atoms. The molecule has 1 fully saturated rings. The van der Waals surface area contributed by atoms with Crippen molar-refractivity contribution < 1.29 is 13.9 Å². The van der Waals surface area contributed by atoms with Gasteiger partial charge in [0.1, 0.15) is 6.26 Å². The number of rotatable bonds is 3. The summed E-state index contributed by atoms with van der Waals surface area (Å²) < 4.78 is 10.5. The van der Waals surface area contributed by atoms with Crippen LogP contribution in [0.1, 0.15) is 29.2 Å². The maximum atomic E-state index is 10.7. The summed E-state index contributed by atoms with van der Waals surface area (Å²) in [6.07, 6.45) is 4.18. The van der Waals surface area contributed by atoms with E-state index in [9.17, 15) is 4.79 Å². The molecule has 0 spiro atoms. The summed E-state index contributed by atoms with van der Waals surface area (Å²) in [6, 6.07) is 0. The van der Waals surface area contributed by atoms with Crippen molar-refractivity contribution >= 4 is 5.91 Å². The third-order valence-corrected chi connectivity index (χ3v) is 2.23. The number of oxazole rings is 1. The van der Waals surface area contributed by atoms with Gasteiger partial charge in [0.05, 0.1) is 12.5 Å². The van der Waals surface area contributed by atoms with Gasteiger partial charge in [-0.15, -0.1) is 0 Å². The van der Waals surface area contributed by atoms with Gasteiger partial charge in [-0.2, -0.15) is 0 Å². The Morgan fingerprint density at radius 1 is 1.71 bits per heavy atom. The predicted molar refractivity (Wildman–Crippen MR) is 47.7 cm³/mol. The summed E-state index contributed by atoms with van der Waals surface area (Å²) in [5, 5.41) is 0. The number of carbonyl (C=O) groups is 1. The molecule has 14 heavy (non-hydrogen) atoms. The van der Waals surface area contributed by atoms with E-state index in [1.807, 2.05) is 0 Å². The number of carbonyl (C=O) groups excluding carboxylic acids is 1. The van der Waals surface area contributed by atoms with E-state index in [0.717, 1.165) is 19.4 Å². The molecule has 1 unspecified atom stereocenters. The third-order valence-electron chi connectivity index (χ3n) is 2.23. The monoisotopic (exact) mass is 196 g/mol. The minimum absolute atomic E-state index is 0.175. The second kappa shape index (κ2) is 3.79. The Bertz CT molecular complexity index is 329. The quantitative estimate of drug-likeness (QED) is 0.763. The SMILES string of the molecule is NC(=O)c1coc(CC2CCCO2)n1. The maximum absolute atomic E-state index is 10.7. The average molecular weight is 196 g/mol. The van der Waals surface area contributed by atoms with E-state index in [1.165, 1.54) is 6.26 Å². The van der Waals surface area contributed by atoms with Crippen LogP contribution in [0.2, 0.25) is 0 Å². The molecule has 1 aliphatic rings. The highest BCUT2D eigenvalue weighted by Crippen LogP contribution is 2.16. The second-order valence-electron chi connectivity index (χ2n) is 3.33. The van der Waals surface area contributed by atoms with Crippen molar-refractivity contribution in [2.75, 3.05) is 6.61 Å². The smallest absolute Gasteiger partial charge is 0.270 e. The van der Waals surface area contributed by atoms with Crippen LogP contribution in [0.4, 0.5) is 0 Å². The van der Waals surface area contributed by atoms with Crippen molar-refractivity contribution in [3.8, 4) is 0 Å². The van der Waals surface area contributed by atoms with Gasteiger partial charge in [0.15, 0.2) is 11.6 Å². The summed E-state index contributed by atoms with van der Waals surface area (Å²) in [4.78, 5) is 14.7. The van der Waals surface area contributed by atoms with E-state index < -0.39 is 5.91 Å². The average Bonchev–Trinajstić information content (AvgIpc) is 2.75. The molecule has 5 heteroatoms. The van der Waals surface area contributed by atoms with Crippen molar-refractivity contribution in [1.29, 1.82) is 0 Å². The number of amides is 1. The third kappa shape index (κ3) is 1.93. The zero-order chi connectivity index (χ0) is 9.97. The number of hydrogen-bond donors (Lipinski definition) is 1. The fourth-order valence-electron chi connectivity index (χ4n) is 1.52. The number of hydrogen-bond acceptors (Lipinski definition) is 4. The lowest BCUT2D eigenvalue weighted by molar-refractivity contribution is 0.0994. The van der Waals surface area contributed by atoms with Gasteiger partial charge in [-0.1, -0.05) is 0 Å². The Hall–Kier alpha value is -1.36. The van der Waals surface area contributed by atoms with E-state index in [1.54, 1.807) is 0 Å². The van der Waals surface area contributed by atoms with E-state index >= 15 is 0 Å². The van der Waals surface area contributed by atoms with Crippen molar-refractivity contribution in [1.82, 2.24) is 4.98 Å². The van der Waals surface area contributed by atoms with Crippen molar-refractivity contribution in [3.05, 3.63) is 17.8 Å². The molecule has 1 aromatic rings. The van der Waals surface area contributed by atoms with Crippen molar-refractivity contribution in [3.63, 3.8) is 0 Å². The normalized spacial score (nSPS) is 21.3. The van der Waals surface area contributed by atoms with E-state index in [0.29, 0.717) is 12.3 Å². The summed E-state index contributed by atoms with van der Waals surface area (Å²) in [6.45, 7) is 0.800. The van der Waals surface area contributed by atoms with Gasteiger partial charge in [-0.25, -0.2) is 4.98 Å². The van der Waals surface area contributed by atoms with Gasteiger partial charge in [0, 0.05) is 6.61 Å². The molecule has 0 saturated carbocycles. The zero-order valence-electron chi connectivity index (χ0n) is 7.73. The molecule has 2 N–H and O–H groups in total. The van der Waals surface area contributed by atoms with Crippen LogP contribution in [0.3, 0.4) is 0 Å². The summed E-state index contributed by atoms with van der Waals surface area (Å²) in [5.41, 5.74) is 5.22. The largest absolute Gasteiger partial charge is 0.448 e. The van der Waals surface area contributed by atoms with Crippen molar-refractivity contribution in [2.24, 2.45) is 5.73 Å². The molecule has 1 atom stereocenters. The molecule has 0 aromatic carbocycles. The van der Waals surface area contributed by atoms with Gasteiger partial charge >= 0.3 is 0 Å². The van der Waals surface area contributed by atoms with Gasteiger partial charge in [0.2, 0.25) is 0 Å². The van der Waals surface area contributed by atoms with Gasteiger partial charge in [0.25, 0.3) is 5.91 Å². The first-order chi connectivity index (χ1) is 6.75. The van der Waals surface area contributed by atoms with E-state index in [2.05, 4.69) is 4.98 Å². The maximum Gasteiger partial charge on any atom is 0.270 e. The Morgan fingerprint density at radius 2 is 2.57 bits per heavy atom. The Balaban J connectivity index is 1.98. The number of aromatic nitrogens is 1. The number of primary amides is 1. The van der Waals surface area contributed by atoms with Gasteiger partial charge in [-0.3, -0.25) is 4.79 Å². The Labute approximate surface area is 81.2 Å². The minimum Gasteiger partial charge on any atom is -0.448 e. The Morgan fingerprint density at radius 3 is 3.14 bits per heavy atom. The van der Waals surface area contributed by atoms with Gasteiger partial charge in [-0.05, 0) is 12.8 Å². The molecule has 1 aromatic heterocycles. The molecule has 1 amide bonds. The summed E-state index contributed by atoms with van der Waals surface area (Å²) in [7, 11) is 0. The van der Waals surface area contributed by atoms with Crippen molar-refractivity contribution in [2.45, 2.75) is 25.4 Å². The molecule has 1 saturated heterocycles. The minimum atomic E-state index is -0.563. The first-order valence-corrected chi connectivity index (χ1v) is 4.61. The molecular formula is C9H12N2O3. The van der Waals surface area contributed by atoms with E-state index in [4.69, 9.17) is 14.9 Å². The molecule has 2 heterocycles. The number of ether oxygens (including phenoxy) is 1. The predicted octanol–water partition coefficient (Wildman–Crippen LogP) is 0.495. The molecule has 0 aliphatic carbocycles. The Kier molecular flexibility index (Phi) is 2.49. The highest BCUT2D eigenvalue weighted by Gasteiger charge is 2.19. The molecule has 0 radical (unpaired) electrons. The van der Waals surface area contributed by atoms with Crippen LogP contribution >= 0.6 is 0 Å². The first kappa shape index (κ1) is 9.21. The van der Waals surface area contributed by atoms with Crippen LogP contribution in [0.15, 0.2) is 10.7 Å². The summed E-state index contributed by atoms with van der Waals surface area (Å²) in [5.74, 6) is -0.0435. The highest BCUT2D eigenvalue weighted by molar-refractivity contribution is 5.90. The van der Waals surface area contributed by atoms with Crippen LogP contribution < -0.4 is 5.73 Å². The molecule has 76 valence electrons. The molecule has 2 rings (SSSR count). The summed E-state index contributed by atoms with van der Waals surface area (Å²) >= 11 is 0. The van der Waals surface area contributed by atoms with Crippen LogP contribution in [0, 0.1) is 0 Å². The number of nitrogens with two attached hydrogens (primary N) is 1. The van der Waals surface area contributed by atoms with E-state index in [-0.39, 0.29) is 11.8 Å². The van der Waals surface area contributed by atoms with Crippen LogP contribution in [0.5, 0.6) is 0 Å². The topological polar surface area (TPSA) is 78.4 Å². The fraction of sp³-hybridized carbons (Fsp3) is 0.556. The van der Waals surface area contributed by atoms with Crippen LogP contribution in [0.25, 0.3) is 0 Å². The number of nitrogens with zero attached hydrogens (tertiary/aromatic N) is 1. The fourth-order valence-corrected chi connectivity index (χ4v) is 1.52. The van der Waals surface area contributed by atoms with Crippen LogP contribution in [-0.2, 0) is 11.2 Å². The van der Waals surface area contributed by atoms with Gasteiger partial charge < -0.3 is 14.9 Å². The first-order valence-electron chi connectivity index (χ1n) is 4.61. The standard InChI is InChI=1S/C9H12N2O3/c10-9(12)7-5-14-8(11-7)4-6-2-1-3-13-6/h5-6H,1-4H2,(H2,10,12). The van der Waals surface area contributed by atoms with Crippen LogP contribution in [-0.4, -0.2) is 23.6 Å². The molecule has 5 nitrogen and oxygen atoms in total.